The summed E-state index contributed by atoms with van der Waals surface area (Å²) in [5.74, 6) is 0.717. The SMILES string of the molecule is Cc1c(O)cccc1C(=O)NCc1cccnc1N(C)CCc1ccccn1. The van der Waals surface area contributed by atoms with E-state index in [4.69, 9.17) is 0 Å². The first-order chi connectivity index (χ1) is 13.6. The highest BCUT2D eigenvalue weighted by Gasteiger charge is 2.13. The highest BCUT2D eigenvalue weighted by atomic mass is 16.3. The quantitative estimate of drug-likeness (QED) is 0.662. The second-order valence-corrected chi connectivity index (χ2v) is 6.61. The van der Waals surface area contributed by atoms with E-state index in [2.05, 4.69) is 20.2 Å². The Kier molecular flexibility index (Phi) is 6.22. The van der Waals surface area contributed by atoms with E-state index in [0.29, 0.717) is 17.7 Å². The topological polar surface area (TPSA) is 78.3 Å². The van der Waals surface area contributed by atoms with Crippen LogP contribution in [0.3, 0.4) is 0 Å². The molecule has 0 atom stereocenters. The molecular weight excluding hydrogens is 352 g/mol. The fourth-order valence-electron chi connectivity index (χ4n) is 2.99. The van der Waals surface area contributed by atoms with Gasteiger partial charge in [0, 0.05) is 61.3 Å². The van der Waals surface area contributed by atoms with E-state index >= 15 is 0 Å². The minimum Gasteiger partial charge on any atom is -0.508 e. The van der Waals surface area contributed by atoms with Crippen molar-refractivity contribution in [2.45, 2.75) is 19.9 Å². The molecule has 6 heteroatoms. The zero-order valence-corrected chi connectivity index (χ0v) is 16.1. The lowest BCUT2D eigenvalue weighted by molar-refractivity contribution is 0.0950. The number of carbonyl (C=O) groups excluding carboxylic acids is 1. The molecule has 1 aromatic carbocycles. The Hall–Kier alpha value is -3.41. The number of pyridine rings is 2. The molecule has 0 saturated carbocycles. The highest BCUT2D eigenvalue weighted by Crippen LogP contribution is 2.20. The van der Waals surface area contributed by atoms with Crippen molar-refractivity contribution in [3.63, 3.8) is 0 Å². The van der Waals surface area contributed by atoms with Crippen LogP contribution < -0.4 is 10.2 Å². The molecular formula is C22H24N4O2. The number of hydrogen-bond donors (Lipinski definition) is 2. The maximum absolute atomic E-state index is 12.5. The van der Waals surface area contributed by atoms with Crippen LogP contribution in [-0.4, -0.2) is 34.6 Å². The van der Waals surface area contributed by atoms with Crippen LogP contribution in [0, 0.1) is 6.92 Å². The van der Waals surface area contributed by atoms with Crippen molar-refractivity contribution in [3.8, 4) is 5.75 Å². The van der Waals surface area contributed by atoms with E-state index in [-0.39, 0.29) is 11.7 Å². The van der Waals surface area contributed by atoms with Gasteiger partial charge in [0.25, 0.3) is 5.91 Å². The lowest BCUT2D eigenvalue weighted by Crippen LogP contribution is -2.27. The standard InChI is InChI=1S/C22H24N4O2/c1-16-19(9-5-10-20(16)27)22(28)25-15-17-7-6-13-24-21(17)26(2)14-11-18-8-3-4-12-23-18/h3-10,12-13,27H,11,14-15H2,1-2H3,(H,25,28). The van der Waals surface area contributed by atoms with Crippen LogP contribution in [-0.2, 0) is 13.0 Å². The van der Waals surface area contributed by atoms with Crippen LogP contribution in [0.25, 0.3) is 0 Å². The van der Waals surface area contributed by atoms with E-state index in [1.807, 2.05) is 37.4 Å². The molecule has 2 heterocycles. The van der Waals surface area contributed by atoms with Crippen LogP contribution in [0.5, 0.6) is 5.75 Å². The number of benzene rings is 1. The monoisotopic (exact) mass is 376 g/mol. The molecule has 3 rings (SSSR count). The van der Waals surface area contributed by atoms with Crippen LogP contribution >= 0.6 is 0 Å². The average molecular weight is 376 g/mol. The second kappa shape index (κ2) is 8.99. The van der Waals surface area contributed by atoms with Crippen molar-refractivity contribution >= 4 is 11.7 Å². The van der Waals surface area contributed by atoms with Gasteiger partial charge < -0.3 is 15.3 Å². The molecule has 144 valence electrons. The molecule has 0 aliphatic rings. The second-order valence-electron chi connectivity index (χ2n) is 6.61. The first kappa shape index (κ1) is 19.4. The average Bonchev–Trinajstić information content (AvgIpc) is 2.73. The lowest BCUT2D eigenvalue weighted by Gasteiger charge is -2.21. The van der Waals surface area contributed by atoms with Crippen molar-refractivity contribution in [2.75, 3.05) is 18.5 Å². The molecule has 0 bridgehead atoms. The molecule has 0 unspecified atom stereocenters. The van der Waals surface area contributed by atoms with Crippen molar-refractivity contribution < 1.29 is 9.90 Å². The zero-order chi connectivity index (χ0) is 19.9. The molecule has 0 spiro atoms. The number of nitrogens with zero attached hydrogens (tertiary/aromatic N) is 3. The van der Waals surface area contributed by atoms with Gasteiger partial charge in [-0.2, -0.15) is 0 Å². The molecule has 6 nitrogen and oxygen atoms in total. The van der Waals surface area contributed by atoms with Gasteiger partial charge in [-0.3, -0.25) is 9.78 Å². The Morgan fingerprint density at radius 1 is 1.07 bits per heavy atom. The van der Waals surface area contributed by atoms with Gasteiger partial charge in [-0.25, -0.2) is 4.98 Å². The summed E-state index contributed by atoms with van der Waals surface area (Å²) >= 11 is 0. The van der Waals surface area contributed by atoms with Gasteiger partial charge in [-0.1, -0.05) is 18.2 Å². The largest absolute Gasteiger partial charge is 0.508 e. The number of hydrogen-bond acceptors (Lipinski definition) is 5. The number of amides is 1. The molecule has 1 amide bonds. The molecule has 0 radical (unpaired) electrons. The van der Waals surface area contributed by atoms with Gasteiger partial charge in [0.1, 0.15) is 11.6 Å². The number of aromatic hydroxyl groups is 1. The van der Waals surface area contributed by atoms with Gasteiger partial charge in [0.2, 0.25) is 0 Å². The summed E-state index contributed by atoms with van der Waals surface area (Å²) in [6, 6.07) is 14.6. The summed E-state index contributed by atoms with van der Waals surface area (Å²) in [4.78, 5) is 23.4. The third kappa shape index (κ3) is 4.65. The third-order valence-corrected chi connectivity index (χ3v) is 4.65. The minimum absolute atomic E-state index is 0.115. The van der Waals surface area contributed by atoms with Crippen molar-refractivity contribution in [3.05, 3.63) is 83.3 Å². The predicted octanol–water partition coefficient (Wildman–Crippen LogP) is 3.10. The van der Waals surface area contributed by atoms with Crippen LogP contribution in [0.15, 0.2) is 60.9 Å². The number of rotatable bonds is 7. The number of phenolic OH excluding ortho intramolecular Hbond substituents is 1. The van der Waals surface area contributed by atoms with Crippen LogP contribution in [0.2, 0.25) is 0 Å². The highest BCUT2D eigenvalue weighted by molar-refractivity contribution is 5.96. The minimum atomic E-state index is -0.223. The Bertz CT molecular complexity index is 944. The number of phenols is 1. The smallest absolute Gasteiger partial charge is 0.251 e. The number of anilines is 1. The van der Waals surface area contributed by atoms with E-state index < -0.39 is 0 Å². The summed E-state index contributed by atoms with van der Waals surface area (Å²) in [6.07, 6.45) is 4.35. The first-order valence-electron chi connectivity index (χ1n) is 9.18. The Morgan fingerprint density at radius 3 is 2.68 bits per heavy atom. The summed E-state index contributed by atoms with van der Waals surface area (Å²) in [5.41, 5.74) is 2.99. The molecule has 0 aliphatic heterocycles. The van der Waals surface area contributed by atoms with Crippen LogP contribution in [0.1, 0.15) is 27.2 Å². The van der Waals surface area contributed by atoms with E-state index in [1.54, 1.807) is 37.5 Å². The number of likely N-dealkylation sites (N-methyl/N-ethyl adjacent to an activating group) is 1. The van der Waals surface area contributed by atoms with E-state index in [0.717, 1.165) is 30.0 Å². The van der Waals surface area contributed by atoms with Crippen molar-refractivity contribution in [1.29, 1.82) is 0 Å². The van der Waals surface area contributed by atoms with Crippen LogP contribution in [0.4, 0.5) is 5.82 Å². The maximum Gasteiger partial charge on any atom is 0.251 e. The van der Waals surface area contributed by atoms with Crippen molar-refractivity contribution in [1.82, 2.24) is 15.3 Å². The lowest BCUT2D eigenvalue weighted by atomic mass is 10.1. The third-order valence-electron chi connectivity index (χ3n) is 4.65. The molecule has 0 saturated heterocycles. The molecule has 0 fully saturated rings. The maximum atomic E-state index is 12.5. The van der Waals surface area contributed by atoms with Gasteiger partial charge in [-0.15, -0.1) is 0 Å². The van der Waals surface area contributed by atoms with E-state index in [9.17, 15) is 9.90 Å². The molecule has 28 heavy (non-hydrogen) atoms. The summed E-state index contributed by atoms with van der Waals surface area (Å²) in [6.45, 7) is 2.84. The normalized spacial score (nSPS) is 10.5. The molecule has 2 aromatic heterocycles. The van der Waals surface area contributed by atoms with Crippen molar-refractivity contribution in [2.24, 2.45) is 0 Å². The first-order valence-corrected chi connectivity index (χ1v) is 9.18. The van der Waals surface area contributed by atoms with E-state index in [1.165, 1.54) is 0 Å². The van der Waals surface area contributed by atoms with Gasteiger partial charge in [-0.05, 0) is 37.3 Å². The van der Waals surface area contributed by atoms with Gasteiger partial charge >= 0.3 is 0 Å². The Labute approximate surface area is 164 Å². The fourth-order valence-corrected chi connectivity index (χ4v) is 2.99. The molecule has 0 aliphatic carbocycles. The molecule has 2 N–H and O–H groups in total. The summed E-state index contributed by atoms with van der Waals surface area (Å²) in [7, 11) is 1.98. The fraction of sp³-hybridized carbons (Fsp3) is 0.227. The Morgan fingerprint density at radius 2 is 1.89 bits per heavy atom. The Balaban J connectivity index is 1.66. The number of aromatic nitrogens is 2. The zero-order valence-electron chi connectivity index (χ0n) is 16.1. The van der Waals surface area contributed by atoms with Gasteiger partial charge in [0.05, 0.1) is 0 Å². The summed E-state index contributed by atoms with van der Waals surface area (Å²) in [5, 5.41) is 12.7. The number of carbonyl (C=O) groups is 1. The molecule has 3 aromatic rings. The predicted molar refractivity (Wildman–Crippen MR) is 109 cm³/mol. The summed E-state index contributed by atoms with van der Waals surface area (Å²) < 4.78 is 0. The van der Waals surface area contributed by atoms with Gasteiger partial charge in [0.15, 0.2) is 0 Å². The number of nitrogens with one attached hydrogen (secondary N) is 1.